The van der Waals surface area contributed by atoms with Crippen LogP contribution in [0, 0.1) is 0 Å². The van der Waals surface area contributed by atoms with Crippen LogP contribution in [0.1, 0.15) is 36.1 Å². The average Bonchev–Trinajstić information content (AvgIpc) is 3.09. The topological polar surface area (TPSA) is 0 Å². The Morgan fingerprint density at radius 1 is 0.536 bits per heavy atom. The van der Waals surface area contributed by atoms with E-state index in [1.54, 1.807) is 0 Å². The molecule has 138 valence electrons. The zero-order valence-corrected chi connectivity index (χ0v) is 17.8. The van der Waals surface area contributed by atoms with Crippen molar-refractivity contribution in [3.05, 3.63) is 130 Å². The van der Waals surface area contributed by atoms with Gasteiger partial charge in [-0.05, 0) is 33.9 Å². The summed E-state index contributed by atoms with van der Waals surface area (Å²) in [4.78, 5) is 0. The molecule has 0 unspecified atom stereocenters. The predicted molar refractivity (Wildman–Crippen MR) is 123 cm³/mol. The Kier molecular flexibility index (Phi) is 5.19. The van der Waals surface area contributed by atoms with Crippen molar-refractivity contribution in [2.24, 2.45) is 0 Å². The lowest BCUT2D eigenvalue weighted by Gasteiger charge is -2.33. The molecule has 0 nitrogen and oxygen atoms in total. The van der Waals surface area contributed by atoms with Gasteiger partial charge in [-0.1, -0.05) is 127 Å². The Morgan fingerprint density at radius 2 is 1.04 bits per heavy atom. The summed E-state index contributed by atoms with van der Waals surface area (Å²) in [6.07, 6.45) is 0. The first-order valence-electron chi connectivity index (χ1n) is 9.83. The highest BCUT2D eigenvalue weighted by molar-refractivity contribution is 9.10. The zero-order chi connectivity index (χ0) is 19.6. The minimum absolute atomic E-state index is 0.293. The second kappa shape index (κ2) is 7.77. The monoisotopic (exact) mass is 426 g/mol. The van der Waals surface area contributed by atoms with Gasteiger partial charge in [0.1, 0.15) is 0 Å². The van der Waals surface area contributed by atoms with Crippen LogP contribution >= 0.6 is 15.9 Å². The fraction of sp³-hybridized carbons (Fsp3) is 0.111. The van der Waals surface area contributed by atoms with E-state index in [-0.39, 0.29) is 5.41 Å². The number of halogens is 1. The number of benzene rings is 4. The summed E-state index contributed by atoms with van der Waals surface area (Å²) < 4.78 is 1.15. The van der Waals surface area contributed by atoms with Crippen molar-refractivity contribution >= 4 is 15.9 Å². The van der Waals surface area contributed by atoms with E-state index < -0.39 is 0 Å². The van der Waals surface area contributed by atoms with E-state index in [9.17, 15) is 0 Å². The second-order valence-corrected chi connectivity index (χ2v) is 7.54. The summed E-state index contributed by atoms with van der Waals surface area (Å²) >= 11 is 3.81. The molecule has 0 saturated heterocycles. The maximum atomic E-state index is 3.81. The van der Waals surface area contributed by atoms with Gasteiger partial charge >= 0.3 is 0 Å². The summed E-state index contributed by atoms with van der Waals surface area (Å²) in [6, 6.07) is 37.1. The molecule has 4 aromatic carbocycles. The van der Waals surface area contributed by atoms with E-state index in [2.05, 4.69) is 119 Å². The molecule has 0 saturated carbocycles. The van der Waals surface area contributed by atoms with E-state index in [0.29, 0.717) is 0 Å². The molecule has 0 spiro atoms. The molecular formula is C27H23Br. The van der Waals surface area contributed by atoms with Crippen LogP contribution < -0.4 is 0 Å². The number of hydrogen-bond acceptors (Lipinski definition) is 0. The van der Waals surface area contributed by atoms with Gasteiger partial charge in [0.2, 0.25) is 0 Å². The Hall–Kier alpha value is -2.64. The first-order chi connectivity index (χ1) is 13.8. The molecule has 0 N–H and O–H groups in total. The van der Waals surface area contributed by atoms with Crippen LogP contribution in [0.5, 0.6) is 0 Å². The van der Waals surface area contributed by atoms with Gasteiger partial charge in [0.15, 0.2) is 0 Å². The van der Waals surface area contributed by atoms with Gasteiger partial charge in [0.25, 0.3) is 0 Å². The van der Waals surface area contributed by atoms with Crippen molar-refractivity contribution in [1.82, 2.24) is 0 Å². The van der Waals surface area contributed by atoms with Gasteiger partial charge < -0.3 is 0 Å². The average molecular weight is 427 g/mol. The van der Waals surface area contributed by atoms with Crippen molar-refractivity contribution in [3.63, 3.8) is 0 Å². The van der Waals surface area contributed by atoms with Crippen molar-refractivity contribution < 1.29 is 0 Å². The lowest BCUT2D eigenvalue weighted by atomic mass is 9.68. The van der Waals surface area contributed by atoms with Gasteiger partial charge in [-0.15, -0.1) is 0 Å². The van der Waals surface area contributed by atoms with Gasteiger partial charge in [0, 0.05) is 10.0 Å². The van der Waals surface area contributed by atoms with Gasteiger partial charge in [0.05, 0.1) is 5.41 Å². The van der Waals surface area contributed by atoms with Gasteiger partial charge in [-0.2, -0.15) is 0 Å². The quantitative estimate of drug-likeness (QED) is 0.269. The molecule has 4 aromatic rings. The Labute approximate surface area is 176 Å². The Bertz CT molecular complexity index is 1040. The predicted octanol–water partition coefficient (Wildman–Crippen LogP) is 7.84. The van der Waals surface area contributed by atoms with Crippen LogP contribution in [0.25, 0.3) is 11.1 Å². The van der Waals surface area contributed by atoms with Gasteiger partial charge in [-0.25, -0.2) is 0 Å². The third-order valence-electron chi connectivity index (χ3n) is 5.43. The van der Waals surface area contributed by atoms with E-state index >= 15 is 0 Å². The minimum atomic E-state index is -0.293. The normalized spacial score (nSPS) is 13.1. The van der Waals surface area contributed by atoms with Crippen LogP contribution in [-0.2, 0) is 5.41 Å². The third kappa shape index (κ3) is 2.65. The third-order valence-corrected chi connectivity index (χ3v) is 6.09. The summed E-state index contributed by atoms with van der Waals surface area (Å²) in [5, 5.41) is 0. The lowest BCUT2D eigenvalue weighted by Crippen LogP contribution is -2.28. The van der Waals surface area contributed by atoms with Crippen molar-refractivity contribution in [2.45, 2.75) is 19.3 Å². The molecule has 0 heterocycles. The molecule has 1 heteroatoms. The Balaban J connectivity index is 0.000000932. The fourth-order valence-corrected chi connectivity index (χ4v) is 5.03. The SMILES string of the molecule is Brc1cccc2c1-c1ccccc1C2(c1ccccc1)c1ccccc1.CC. The van der Waals surface area contributed by atoms with Crippen LogP contribution in [0.4, 0.5) is 0 Å². The molecule has 0 fully saturated rings. The molecule has 0 bridgehead atoms. The molecule has 0 amide bonds. The fourth-order valence-electron chi connectivity index (χ4n) is 4.45. The van der Waals surface area contributed by atoms with Crippen molar-refractivity contribution in [2.75, 3.05) is 0 Å². The molecule has 0 aromatic heterocycles. The molecule has 28 heavy (non-hydrogen) atoms. The minimum Gasteiger partial charge on any atom is -0.0683 e. The van der Waals surface area contributed by atoms with E-state index in [1.807, 2.05) is 13.8 Å². The summed E-state index contributed by atoms with van der Waals surface area (Å²) in [5.74, 6) is 0. The molecule has 5 rings (SSSR count). The summed E-state index contributed by atoms with van der Waals surface area (Å²) in [7, 11) is 0. The highest BCUT2D eigenvalue weighted by Gasteiger charge is 2.46. The highest BCUT2D eigenvalue weighted by Crippen LogP contribution is 2.57. The van der Waals surface area contributed by atoms with E-state index in [1.165, 1.54) is 33.4 Å². The second-order valence-electron chi connectivity index (χ2n) is 6.69. The zero-order valence-electron chi connectivity index (χ0n) is 16.2. The first-order valence-corrected chi connectivity index (χ1v) is 10.6. The van der Waals surface area contributed by atoms with Crippen LogP contribution in [-0.4, -0.2) is 0 Å². The molecule has 1 aliphatic carbocycles. The maximum Gasteiger partial charge on any atom is 0.0713 e. The molecule has 0 radical (unpaired) electrons. The van der Waals surface area contributed by atoms with Crippen LogP contribution in [0.15, 0.2) is 108 Å². The van der Waals surface area contributed by atoms with E-state index in [4.69, 9.17) is 0 Å². The number of fused-ring (bicyclic) bond motifs is 3. The lowest BCUT2D eigenvalue weighted by molar-refractivity contribution is 0.768. The first kappa shape index (κ1) is 18.7. The number of rotatable bonds is 2. The van der Waals surface area contributed by atoms with Crippen molar-refractivity contribution in [1.29, 1.82) is 0 Å². The smallest absolute Gasteiger partial charge is 0.0683 e. The standard InChI is InChI=1S/C25H17Br.C2H6/c26-23-17-9-16-22-24(23)20-14-7-8-15-21(20)25(22,18-10-3-1-4-11-18)19-12-5-2-6-13-19;1-2/h1-17H;1-2H3. The summed E-state index contributed by atoms with van der Waals surface area (Å²) in [6.45, 7) is 4.00. The highest BCUT2D eigenvalue weighted by atomic mass is 79.9. The largest absolute Gasteiger partial charge is 0.0713 e. The summed E-state index contributed by atoms with van der Waals surface area (Å²) in [5.41, 5.74) is 7.60. The van der Waals surface area contributed by atoms with Crippen molar-refractivity contribution in [3.8, 4) is 11.1 Å². The van der Waals surface area contributed by atoms with Crippen LogP contribution in [0.2, 0.25) is 0 Å². The molecule has 1 aliphatic rings. The van der Waals surface area contributed by atoms with Gasteiger partial charge in [-0.3, -0.25) is 0 Å². The molecule has 0 aliphatic heterocycles. The van der Waals surface area contributed by atoms with Crippen LogP contribution in [0.3, 0.4) is 0 Å². The number of hydrogen-bond donors (Lipinski definition) is 0. The molecule has 0 atom stereocenters. The molecular weight excluding hydrogens is 404 g/mol. The Morgan fingerprint density at radius 3 is 1.64 bits per heavy atom. The van der Waals surface area contributed by atoms with E-state index in [0.717, 1.165) is 4.47 Å². The maximum absolute atomic E-state index is 3.81.